The topological polar surface area (TPSA) is 59.4 Å². The number of carboxylic acid groups (broad SMARTS) is 1. The van der Waals surface area contributed by atoms with Crippen molar-refractivity contribution in [2.75, 3.05) is 0 Å². The summed E-state index contributed by atoms with van der Waals surface area (Å²) in [4.78, 5) is 14.0. The minimum atomic E-state index is -6.48. The molecule has 1 heterocycles. The molecule has 1 N–H and O–H groups in total. The second-order valence-electron chi connectivity index (χ2n) is 5.09. The van der Waals surface area contributed by atoms with Crippen molar-refractivity contribution in [3.8, 4) is 11.6 Å². The summed E-state index contributed by atoms with van der Waals surface area (Å²) in [6, 6.07) is 2.25. The molecule has 2 aromatic rings. The van der Waals surface area contributed by atoms with E-state index in [-0.39, 0.29) is 12.1 Å². The van der Waals surface area contributed by atoms with Gasteiger partial charge in [0.05, 0.1) is 5.56 Å². The summed E-state index contributed by atoms with van der Waals surface area (Å²) >= 11 is 0. The number of benzene rings is 1. The van der Waals surface area contributed by atoms with E-state index >= 15 is 0 Å². The molecule has 0 saturated heterocycles. The Labute approximate surface area is 145 Å². The number of alkyl halides is 7. The van der Waals surface area contributed by atoms with Crippen LogP contribution in [0.15, 0.2) is 36.5 Å². The molecule has 0 unspecified atom stereocenters. The minimum absolute atomic E-state index is 0.249. The smallest absolute Gasteiger partial charge is 0.460 e. The Morgan fingerprint density at radius 3 is 2.00 bits per heavy atom. The Morgan fingerprint density at radius 1 is 1.00 bits per heavy atom. The van der Waals surface area contributed by atoms with Gasteiger partial charge in [0.2, 0.25) is 0 Å². The fraction of sp³-hybridized carbons (Fsp3) is 0.200. The van der Waals surface area contributed by atoms with Crippen LogP contribution in [0.2, 0.25) is 0 Å². The predicted molar refractivity (Wildman–Crippen MR) is 72.6 cm³/mol. The van der Waals surface area contributed by atoms with Gasteiger partial charge in [0, 0.05) is 11.8 Å². The summed E-state index contributed by atoms with van der Waals surface area (Å²) in [5, 5.41) is 8.66. The van der Waals surface area contributed by atoms with Crippen LogP contribution < -0.4 is 4.74 Å². The van der Waals surface area contributed by atoms with Crippen LogP contribution in [0.25, 0.3) is 0 Å². The Kier molecular flexibility index (Phi) is 5.04. The number of carbonyl (C=O) groups is 1. The SMILES string of the molecule is O=C(O)c1cnc(Oc2ccc(C(F)(F)C(F)(F)C(F)(F)F)cc2)c(F)c1. The van der Waals surface area contributed by atoms with Crippen molar-refractivity contribution in [3.63, 3.8) is 0 Å². The van der Waals surface area contributed by atoms with Gasteiger partial charge >= 0.3 is 24.0 Å². The molecule has 0 aliphatic carbocycles. The molecule has 0 radical (unpaired) electrons. The summed E-state index contributed by atoms with van der Waals surface area (Å²) in [5.74, 6) is -15.8. The van der Waals surface area contributed by atoms with Crippen molar-refractivity contribution in [2.45, 2.75) is 18.0 Å². The zero-order chi connectivity index (χ0) is 20.6. The van der Waals surface area contributed by atoms with Gasteiger partial charge in [-0.15, -0.1) is 0 Å². The fourth-order valence-electron chi connectivity index (χ4n) is 1.82. The van der Waals surface area contributed by atoms with Gasteiger partial charge in [0.15, 0.2) is 5.82 Å². The molecule has 27 heavy (non-hydrogen) atoms. The van der Waals surface area contributed by atoms with Crippen LogP contribution in [0.5, 0.6) is 11.6 Å². The summed E-state index contributed by atoms with van der Waals surface area (Å²) in [7, 11) is 0. The van der Waals surface area contributed by atoms with Crippen molar-refractivity contribution < 1.29 is 49.8 Å². The molecular weight excluding hydrogens is 394 g/mol. The van der Waals surface area contributed by atoms with Crippen molar-refractivity contribution in [1.82, 2.24) is 4.98 Å². The normalized spacial score (nSPS) is 12.7. The van der Waals surface area contributed by atoms with Gasteiger partial charge in [0.25, 0.3) is 5.88 Å². The first-order chi connectivity index (χ1) is 12.3. The number of aromatic carboxylic acids is 1. The average molecular weight is 401 g/mol. The van der Waals surface area contributed by atoms with Gasteiger partial charge in [-0.05, 0) is 30.3 Å². The fourth-order valence-corrected chi connectivity index (χ4v) is 1.82. The molecular formula is C15H7F8NO3. The van der Waals surface area contributed by atoms with Crippen LogP contribution in [0.1, 0.15) is 15.9 Å². The Hall–Kier alpha value is -2.92. The molecule has 12 heteroatoms. The number of hydrogen-bond acceptors (Lipinski definition) is 3. The molecule has 0 aliphatic rings. The van der Waals surface area contributed by atoms with Crippen molar-refractivity contribution >= 4 is 5.97 Å². The second-order valence-corrected chi connectivity index (χ2v) is 5.09. The number of hydrogen-bond donors (Lipinski definition) is 1. The first kappa shape index (κ1) is 20.4. The number of aromatic nitrogens is 1. The van der Waals surface area contributed by atoms with Crippen LogP contribution in [0, 0.1) is 5.82 Å². The van der Waals surface area contributed by atoms with Gasteiger partial charge in [0.1, 0.15) is 5.75 Å². The highest BCUT2D eigenvalue weighted by atomic mass is 19.4. The van der Waals surface area contributed by atoms with E-state index in [1.807, 2.05) is 0 Å². The number of nitrogens with zero attached hydrogens (tertiary/aromatic N) is 1. The third-order valence-electron chi connectivity index (χ3n) is 3.24. The maximum absolute atomic E-state index is 13.7. The summed E-state index contributed by atoms with van der Waals surface area (Å²) in [6.45, 7) is 0. The summed E-state index contributed by atoms with van der Waals surface area (Å²) in [6.07, 6.45) is -5.75. The van der Waals surface area contributed by atoms with Crippen LogP contribution >= 0.6 is 0 Å². The van der Waals surface area contributed by atoms with E-state index in [0.717, 1.165) is 6.20 Å². The lowest BCUT2D eigenvalue weighted by Gasteiger charge is -2.28. The third-order valence-corrected chi connectivity index (χ3v) is 3.24. The number of carboxylic acids is 1. The zero-order valence-electron chi connectivity index (χ0n) is 12.7. The van der Waals surface area contributed by atoms with E-state index in [0.29, 0.717) is 18.2 Å². The van der Waals surface area contributed by atoms with Gasteiger partial charge < -0.3 is 9.84 Å². The van der Waals surface area contributed by atoms with Crippen molar-refractivity contribution in [1.29, 1.82) is 0 Å². The molecule has 0 bridgehead atoms. The van der Waals surface area contributed by atoms with E-state index in [1.165, 1.54) is 0 Å². The van der Waals surface area contributed by atoms with Crippen LogP contribution in [-0.2, 0) is 5.92 Å². The molecule has 2 rings (SSSR count). The average Bonchev–Trinajstić information content (AvgIpc) is 2.55. The molecule has 0 aliphatic heterocycles. The van der Waals surface area contributed by atoms with E-state index < -0.39 is 52.6 Å². The van der Waals surface area contributed by atoms with E-state index in [1.54, 1.807) is 0 Å². The third kappa shape index (κ3) is 3.78. The molecule has 1 aromatic carbocycles. The van der Waals surface area contributed by atoms with Crippen molar-refractivity contribution in [2.24, 2.45) is 0 Å². The maximum atomic E-state index is 13.7. The van der Waals surface area contributed by atoms with Gasteiger partial charge in [-0.25, -0.2) is 14.2 Å². The largest absolute Gasteiger partial charge is 0.478 e. The first-order valence-electron chi connectivity index (χ1n) is 6.77. The van der Waals surface area contributed by atoms with Crippen LogP contribution in [0.4, 0.5) is 35.1 Å². The van der Waals surface area contributed by atoms with E-state index in [9.17, 15) is 39.9 Å². The molecule has 146 valence electrons. The first-order valence-corrected chi connectivity index (χ1v) is 6.77. The predicted octanol–water partition coefficient (Wildman–Crippen LogP) is 5.00. The standard InChI is InChI=1S/C15H7F8NO3/c16-10-5-7(12(25)26)6-24-11(10)27-9-3-1-8(2-4-9)13(17,18)14(19,20)15(21,22)23/h1-6H,(H,25,26). The van der Waals surface area contributed by atoms with Crippen LogP contribution in [-0.4, -0.2) is 28.2 Å². The van der Waals surface area contributed by atoms with Gasteiger partial charge in [-0.3, -0.25) is 0 Å². The zero-order valence-corrected chi connectivity index (χ0v) is 12.7. The molecule has 0 atom stereocenters. The minimum Gasteiger partial charge on any atom is -0.478 e. The number of rotatable bonds is 5. The quantitative estimate of drug-likeness (QED) is 0.717. The Balaban J connectivity index is 2.27. The van der Waals surface area contributed by atoms with E-state index in [2.05, 4.69) is 4.98 Å². The highest BCUT2D eigenvalue weighted by Gasteiger charge is 2.73. The molecule has 0 spiro atoms. The number of pyridine rings is 1. The lowest BCUT2D eigenvalue weighted by atomic mass is 10.0. The van der Waals surface area contributed by atoms with Gasteiger partial charge in [-0.2, -0.15) is 30.7 Å². The maximum Gasteiger partial charge on any atom is 0.460 e. The van der Waals surface area contributed by atoms with Crippen LogP contribution in [0.3, 0.4) is 0 Å². The van der Waals surface area contributed by atoms with Crippen molar-refractivity contribution in [3.05, 3.63) is 53.5 Å². The number of ether oxygens (including phenoxy) is 1. The summed E-state index contributed by atoms with van der Waals surface area (Å²) in [5.41, 5.74) is -2.16. The molecule has 1 aromatic heterocycles. The lowest BCUT2D eigenvalue weighted by molar-refractivity contribution is -0.359. The lowest BCUT2D eigenvalue weighted by Crippen LogP contribution is -2.49. The monoisotopic (exact) mass is 401 g/mol. The second kappa shape index (κ2) is 6.67. The number of halogens is 8. The Bertz CT molecular complexity index is 849. The molecule has 0 amide bonds. The molecule has 0 saturated carbocycles. The Morgan fingerprint density at radius 2 is 1.56 bits per heavy atom. The molecule has 4 nitrogen and oxygen atoms in total. The van der Waals surface area contributed by atoms with Gasteiger partial charge in [-0.1, -0.05) is 0 Å². The summed E-state index contributed by atoms with van der Waals surface area (Å²) < 4.78 is 108. The van der Waals surface area contributed by atoms with E-state index in [4.69, 9.17) is 9.84 Å². The molecule has 0 fully saturated rings. The highest BCUT2D eigenvalue weighted by Crippen LogP contribution is 2.51. The highest BCUT2D eigenvalue weighted by molar-refractivity contribution is 5.87.